The molecule has 0 saturated heterocycles. The molecule has 0 spiro atoms. The number of carbonyl (C=O) groups is 1. The molecule has 0 bridgehead atoms. The molecule has 0 aliphatic rings. The van der Waals surface area contributed by atoms with Crippen LogP contribution < -0.4 is 4.72 Å². The van der Waals surface area contributed by atoms with E-state index in [4.69, 9.17) is 10.4 Å². The number of rotatable bonds is 7. The van der Waals surface area contributed by atoms with E-state index in [0.29, 0.717) is 6.42 Å². The van der Waals surface area contributed by atoms with Crippen molar-refractivity contribution < 1.29 is 18.3 Å². The highest BCUT2D eigenvalue weighted by atomic mass is 32.2. The van der Waals surface area contributed by atoms with Gasteiger partial charge in [-0.2, -0.15) is 9.98 Å². The molecule has 0 amide bonds. The summed E-state index contributed by atoms with van der Waals surface area (Å²) in [5, 5.41) is 16.4. The van der Waals surface area contributed by atoms with E-state index < -0.39 is 27.3 Å². The lowest BCUT2D eigenvalue weighted by atomic mass is 10.1. The number of nitriles is 1. The molecule has 0 saturated carbocycles. The Morgan fingerprint density at radius 1 is 1.40 bits per heavy atom. The third-order valence-electron chi connectivity index (χ3n) is 2.82. The number of aryl methyl sites for hydroxylation is 1. The zero-order chi connectivity index (χ0) is 15.2. The summed E-state index contributed by atoms with van der Waals surface area (Å²) in [4.78, 5) is 11.1. The van der Waals surface area contributed by atoms with Gasteiger partial charge < -0.3 is 5.11 Å². The molecule has 2 atom stereocenters. The van der Waals surface area contributed by atoms with Gasteiger partial charge in [-0.05, 0) is 25.3 Å². The van der Waals surface area contributed by atoms with Crippen molar-refractivity contribution in [3.63, 3.8) is 0 Å². The van der Waals surface area contributed by atoms with E-state index in [9.17, 15) is 13.2 Å². The monoisotopic (exact) mass is 296 g/mol. The summed E-state index contributed by atoms with van der Waals surface area (Å²) in [6, 6.07) is 9.51. The van der Waals surface area contributed by atoms with E-state index in [1.807, 2.05) is 30.3 Å². The van der Waals surface area contributed by atoms with Crippen molar-refractivity contribution in [3.8, 4) is 6.07 Å². The van der Waals surface area contributed by atoms with Crippen LogP contribution in [0.1, 0.15) is 18.9 Å². The van der Waals surface area contributed by atoms with Crippen LogP contribution in [-0.4, -0.2) is 30.8 Å². The average Bonchev–Trinajstić information content (AvgIpc) is 2.43. The summed E-state index contributed by atoms with van der Waals surface area (Å²) >= 11 is 0. The average molecular weight is 296 g/mol. The SMILES string of the molecule is CC(C#N)S(=O)(=O)N[C@@H](CCc1ccccc1)C(=O)O. The van der Waals surface area contributed by atoms with Crippen LogP contribution in [0, 0.1) is 11.3 Å². The topological polar surface area (TPSA) is 107 Å². The maximum atomic E-state index is 11.7. The normalized spacial score (nSPS) is 14.2. The van der Waals surface area contributed by atoms with E-state index >= 15 is 0 Å². The second-order valence-corrected chi connectivity index (χ2v) is 6.38. The number of carboxylic acids is 1. The molecule has 108 valence electrons. The van der Waals surface area contributed by atoms with Gasteiger partial charge in [-0.15, -0.1) is 0 Å². The molecule has 0 heterocycles. The molecule has 0 radical (unpaired) electrons. The van der Waals surface area contributed by atoms with Crippen LogP contribution in [0.15, 0.2) is 30.3 Å². The Balaban J connectivity index is 2.72. The molecule has 0 aliphatic carbocycles. The van der Waals surface area contributed by atoms with Crippen molar-refractivity contribution in [1.82, 2.24) is 4.72 Å². The summed E-state index contributed by atoms with van der Waals surface area (Å²) in [6.07, 6.45) is 0.554. The van der Waals surface area contributed by atoms with E-state index in [1.54, 1.807) is 6.07 Å². The molecule has 0 aromatic heterocycles. The fourth-order valence-electron chi connectivity index (χ4n) is 1.56. The third kappa shape index (κ3) is 4.64. The van der Waals surface area contributed by atoms with Crippen LogP contribution in [0.4, 0.5) is 0 Å². The summed E-state index contributed by atoms with van der Waals surface area (Å²) in [7, 11) is -3.95. The first-order valence-electron chi connectivity index (χ1n) is 6.04. The molecule has 1 unspecified atom stereocenters. The molecule has 1 aromatic rings. The smallest absolute Gasteiger partial charge is 0.321 e. The van der Waals surface area contributed by atoms with Gasteiger partial charge >= 0.3 is 5.97 Å². The van der Waals surface area contributed by atoms with E-state index in [0.717, 1.165) is 5.56 Å². The molecule has 0 fully saturated rings. The van der Waals surface area contributed by atoms with Gasteiger partial charge in [-0.3, -0.25) is 4.79 Å². The fraction of sp³-hybridized carbons (Fsp3) is 0.385. The maximum absolute atomic E-state index is 11.7. The first-order valence-corrected chi connectivity index (χ1v) is 7.59. The van der Waals surface area contributed by atoms with E-state index in [1.165, 1.54) is 6.92 Å². The van der Waals surface area contributed by atoms with Gasteiger partial charge in [-0.25, -0.2) is 8.42 Å². The van der Waals surface area contributed by atoms with Crippen molar-refractivity contribution in [2.45, 2.75) is 31.1 Å². The molecule has 6 nitrogen and oxygen atoms in total. The first-order chi connectivity index (χ1) is 9.36. The van der Waals surface area contributed by atoms with Gasteiger partial charge in [0.25, 0.3) is 0 Å². The summed E-state index contributed by atoms with van der Waals surface area (Å²) < 4.78 is 25.4. The van der Waals surface area contributed by atoms with E-state index in [2.05, 4.69) is 4.72 Å². The molecule has 7 heteroatoms. The van der Waals surface area contributed by atoms with E-state index in [-0.39, 0.29) is 6.42 Å². The Bertz CT molecular complexity index is 593. The lowest BCUT2D eigenvalue weighted by Gasteiger charge is -2.15. The highest BCUT2D eigenvalue weighted by molar-refractivity contribution is 7.90. The standard InChI is InChI=1S/C13H16N2O4S/c1-10(9-14)20(18,19)15-12(13(16)17)8-7-11-5-3-2-4-6-11/h2-6,10,12,15H,7-8H2,1H3,(H,16,17)/t10?,12-/m0/s1. The summed E-state index contributed by atoms with van der Waals surface area (Å²) in [6.45, 7) is 1.21. The number of aliphatic carboxylic acids is 1. The highest BCUT2D eigenvalue weighted by Crippen LogP contribution is 2.07. The minimum atomic E-state index is -3.95. The number of nitrogens with zero attached hydrogens (tertiary/aromatic N) is 1. The Morgan fingerprint density at radius 2 is 2.00 bits per heavy atom. The Labute approximate surface area is 118 Å². The largest absolute Gasteiger partial charge is 0.480 e. The van der Waals surface area contributed by atoms with Gasteiger partial charge in [0.15, 0.2) is 5.25 Å². The molecular formula is C13H16N2O4S. The van der Waals surface area contributed by atoms with Crippen molar-refractivity contribution in [2.24, 2.45) is 0 Å². The zero-order valence-corrected chi connectivity index (χ0v) is 11.8. The van der Waals surface area contributed by atoms with Gasteiger partial charge in [0, 0.05) is 0 Å². The van der Waals surface area contributed by atoms with Crippen LogP contribution in [0.2, 0.25) is 0 Å². The number of sulfonamides is 1. The van der Waals surface area contributed by atoms with Crippen molar-refractivity contribution in [3.05, 3.63) is 35.9 Å². The number of carboxylic acid groups (broad SMARTS) is 1. The van der Waals surface area contributed by atoms with Crippen LogP contribution in [0.25, 0.3) is 0 Å². The Kier molecular flexibility index (Phi) is 5.67. The van der Waals surface area contributed by atoms with Crippen molar-refractivity contribution in [2.75, 3.05) is 0 Å². The molecule has 0 aliphatic heterocycles. The van der Waals surface area contributed by atoms with Gasteiger partial charge in [-0.1, -0.05) is 30.3 Å². The summed E-state index contributed by atoms with van der Waals surface area (Å²) in [5.41, 5.74) is 0.922. The van der Waals surface area contributed by atoms with Gasteiger partial charge in [0.2, 0.25) is 10.0 Å². The lowest BCUT2D eigenvalue weighted by molar-refractivity contribution is -0.139. The number of nitrogens with one attached hydrogen (secondary N) is 1. The number of hydrogen-bond donors (Lipinski definition) is 2. The second kappa shape index (κ2) is 7.03. The zero-order valence-electron chi connectivity index (χ0n) is 11.0. The molecule has 20 heavy (non-hydrogen) atoms. The minimum absolute atomic E-state index is 0.122. The second-order valence-electron chi connectivity index (χ2n) is 4.35. The minimum Gasteiger partial charge on any atom is -0.480 e. The van der Waals surface area contributed by atoms with Crippen molar-refractivity contribution in [1.29, 1.82) is 5.26 Å². The number of hydrogen-bond acceptors (Lipinski definition) is 4. The molecule has 2 N–H and O–H groups in total. The highest BCUT2D eigenvalue weighted by Gasteiger charge is 2.28. The predicted molar refractivity (Wildman–Crippen MR) is 73.3 cm³/mol. The third-order valence-corrected chi connectivity index (χ3v) is 4.47. The molecule has 1 aromatic carbocycles. The Morgan fingerprint density at radius 3 is 2.50 bits per heavy atom. The van der Waals surface area contributed by atoms with Crippen molar-refractivity contribution >= 4 is 16.0 Å². The Hall–Kier alpha value is -1.91. The van der Waals surface area contributed by atoms with Crippen LogP contribution >= 0.6 is 0 Å². The fourth-order valence-corrected chi connectivity index (χ4v) is 2.52. The number of benzene rings is 1. The van der Waals surface area contributed by atoms with Gasteiger partial charge in [0.05, 0.1) is 6.07 Å². The first kappa shape index (κ1) is 16.1. The van der Waals surface area contributed by atoms with Gasteiger partial charge in [0.1, 0.15) is 6.04 Å². The predicted octanol–water partition coefficient (Wildman–Crippen LogP) is 0.904. The lowest BCUT2D eigenvalue weighted by Crippen LogP contribution is -2.44. The van der Waals surface area contributed by atoms with Crippen LogP contribution in [0.3, 0.4) is 0 Å². The quantitative estimate of drug-likeness (QED) is 0.777. The van der Waals surface area contributed by atoms with Crippen LogP contribution in [0.5, 0.6) is 0 Å². The summed E-state index contributed by atoms with van der Waals surface area (Å²) in [5.74, 6) is -1.25. The molecular weight excluding hydrogens is 280 g/mol. The maximum Gasteiger partial charge on any atom is 0.321 e. The van der Waals surface area contributed by atoms with Crippen LogP contribution in [-0.2, 0) is 21.2 Å². The molecule has 1 rings (SSSR count).